The molecule has 0 aliphatic carbocycles. The van der Waals surface area contributed by atoms with Gasteiger partial charge < -0.3 is 16.4 Å². The van der Waals surface area contributed by atoms with E-state index >= 15 is 0 Å². The Hall–Kier alpha value is -4.12. The van der Waals surface area contributed by atoms with Gasteiger partial charge in [-0.2, -0.15) is 0 Å². The molecule has 3 aromatic carbocycles. The van der Waals surface area contributed by atoms with Crippen molar-refractivity contribution in [2.45, 2.75) is 17.4 Å². The zero-order valence-corrected chi connectivity index (χ0v) is 19.4. The fourth-order valence-electron chi connectivity index (χ4n) is 3.36. The van der Waals surface area contributed by atoms with E-state index in [2.05, 4.69) is 20.6 Å². The van der Waals surface area contributed by atoms with Crippen LogP contribution in [0.5, 0.6) is 0 Å². The molecule has 0 saturated heterocycles. The molecule has 9 nitrogen and oxygen atoms in total. The molecule has 0 spiro atoms. The SMILES string of the molecule is N[C@@H](Cc1ccccc1)C(=O)Nc1ccc(-c2ccnc(Nc3ccc(S(N)(=O)=O)cc3)n2)cc1. The highest BCUT2D eigenvalue weighted by atomic mass is 32.2. The fraction of sp³-hybridized carbons (Fsp3) is 0.0800. The predicted molar refractivity (Wildman–Crippen MR) is 135 cm³/mol. The number of carbonyl (C=O) groups is 1. The average molecular weight is 489 g/mol. The molecule has 1 aromatic heterocycles. The Labute approximate surface area is 203 Å². The Bertz CT molecular complexity index is 1410. The van der Waals surface area contributed by atoms with Crippen molar-refractivity contribution in [2.75, 3.05) is 10.6 Å². The number of nitrogens with one attached hydrogen (secondary N) is 2. The Morgan fingerprint density at radius 3 is 2.20 bits per heavy atom. The predicted octanol–water partition coefficient (Wildman–Crippen LogP) is 3.04. The van der Waals surface area contributed by atoms with Crippen molar-refractivity contribution >= 4 is 33.3 Å². The van der Waals surface area contributed by atoms with E-state index in [9.17, 15) is 13.2 Å². The van der Waals surface area contributed by atoms with Crippen LogP contribution in [0.3, 0.4) is 0 Å². The Kier molecular flexibility index (Phi) is 7.16. The van der Waals surface area contributed by atoms with Gasteiger partial charge in [0.15, 0.2) is 0 Å². The number of hydrogen-bond donors (Lipinski definition) is 4. The summed E-state index contributed by atoms with van der Waals surface area (Å²) in [6, 6.07) is 23.9. The molecule has 1 atom stereocenters. The van der Waals surface area contributed by atoms with Gasteiger partial charge in [-0.1, -0.05) is 42.5 Å². The third kappa shape index (κ3) is 6.48. The molecule has 0 radical (unpaired) electrons. The molecule has 0 bridgehead atoms. The number of carbonyl (C=O) groups excluding carboxylic acids is 1. The van der Waals surface area contributed by atoms with Gasteiger partial charge >= 0.3 is 0 Å². The van der Waals surface area contributed by atoms with Crippen LogP contribution in [-0.2, 0) is 21.2 Å². The number of benzene rings is 3. The first kappa shape index (κ1) is 24.0. The van der Waals surface area contributed by atoms with Gasteiger partial charge in [0, 0.05) is 23.1 Å². The maximum atomic E-state index is 12.5. The number of primary sulfonamides is 1. The van der Waals surface area contributed by atoms with Crippen LogP contribution in [0.15, 0.2) is 96.0 Å². The van der Waals surface area contributed by atoms with E-state index in [1.807, 2.05) is 42.5 Å². The van der Waals surface area contributed by atoms with Gasteiger partial charge in [-0.05, 0) is 54.4 Å². The van der Waals surface area contributed by atoms with Crippen molar-refractivity contribution in [1.29, 1.82) is 0 Å². The van der Waals surface area contributed by atoms with Crippen molar-refractivity contribution < 1.29 is 13.2 Å². The summed E-state index contributed by atoms with van der Waals surface area (Å²) < 4.78 is 22.8. The molecule has 6 N–H and O–H groups in total. The van der Waals surface area contributed by atoms with E-state index in [4.69, 9.17) is 10.9 Å². The number of amides is 1. The summed E-state index contributed by atoms with van der Waals surface area (Å²) in [6.45, 7) is 0. The van der Waals surface area contributed by atoms with E-state index < -0.39 is 16.1 Å². The van der Waals surface area contributed by atoms with Crippen LogP contribution in [0.1, 0.15) is 5.56 Å². The molecule has 0 aliphatic heterocycles. The number of anilines is 3. The summed E-state index contributed by atoms with van der Waals surface area (Å²) in [6.07, 6.45) is 2.06. The van der Waals surface area contributed by atoms with Crippen molar-refractivity contribution in [1.82, 2.24) is 9.97 Å². The zero-order valence-electron chi connectivity index (χ0n) is 18.6. The number of hydrogen-bond acceptors (Lipinski definition) is 7. The highest BCUT2D eigenvalue weighted by molar-refractivity contribution is 7.89. The van der Waals surface area contributed by atoms with Gasteiger partial charge in [0.25, 0.3) is 0 Å². The maximum absolute atomic E-state index is 12.5. The topological polar surface area (TPSA) is 153 Å². The van der Waals surface area contributed by atoms with Gasteiger partial charge in [0.2, 0.25) is 21.9 Å². The van der Waals surface area contributed by atoms with Crippen LogP contribution in [0.4, 0.5) is 17.3 Å². The standard InChI is InChI=1S/C25H24N6O3S/c26-22(16-17-4-2-1-3-5-17)24(32)29-19-8-6-18(7-9-19)23-14-15-28-25(31-23)30-20-10-12-21(13-11-20)35(27,33)34/h1-15,22H,16,26H2,(H,29,32)(H2,27,33,34)(H,28,30,31)/t22-/m0/s1. The van der Waals surface area contributed by atoms with E-state index in [0.717, 1.165) is 11.1 Å². The highest BCUT2D eigenvalue weighted by Gasteiger charge is 2.14. The molecular formula is C25H24N6O3S. The third-order valence-electron chi connectivity index (χ3n) is 5.18. The van der Waals surface area contributed by atoms with Crippen LogP contribution in [-0.4, -0.2) is 30.3 Å². The molecule has 1 heterocycles. The lowest BCUT2D eigenvalue weighted by molar-refractivity contribution is -0.117. The smallest absolute Gasteiger partial charge is 0.241 e. The second-order valence-electron chi connectivity index (χ2n) is 7.82. The summed E-state index contributed by atoms with van der Waals surface area (Å²) >= 11 is 0. The number of sulfonamides is 1. The fourth-order valence-corrected chi connectivity index (χ4v) is 3.87. The summed E-state index contributed by atoms with van der Waals surface area (Å²) in [5.74, 6) is 0.0821. The first-order chi connectivity index (χ1) is 16.8. The minimum atomic E-state index is -3.76. The number of rotatable bonds is 8. The third-order valence-corrected chi connectivity index (χ3v) is 6.11. The van der Waals surface area contributed by atoms with Crippen molar-refractivity contribution in [3.05, 3.63) is 96.7 Å². The van der Waals surface area contributed by atoms with Gasteiger partial charge in [-0.3, -0.25) is 4.79 Å². The maximum Gasteiger partial charge on any atom is 0.241 e. The largest absolute Gasteiger partial charge is 0.325 e. The molecule has 4 aromatic rings. The van der Waals surface area contributed by atoms with Gasteiger partial charge in [0.1, 0.15) is 0 Å². The lowest BCUT2D eigenvalue weighted by atomic mass is 10.1. The summed E-state index contributed by atoms with van der Waals surface area (Å²) in [4.78, 5) is 21.2. The van der Waals surface area contributed by atoms with E-state index in [1.54, 1.807) is 36.5 Å². The van der Waals surface area contributed by atoms with Crippen LogP contribution < -0.4 is 21.5 Å². The number of nitrogens with zero attached hydrogens (tertiary/aromatic N) is 2. The van der Waals surface area contributed by atoms with Crippen LogP contribution in [0, 0.1) is 0 Å². The zero-order chi connectivity index (χ0) is 24.8. The van der Waals surface area contributed by atoms with Crippen LogP contribution >= 0.6 is 0 Å². The second-order valence-corrected chi connectivity index (χ2v) is 9.38. The summed E-state index contributed by atoms with van der Waals surface area (Å²) in [7, 11) is -3.76. The number of nitrogens with two attached hydrogens (primary N) is 2. The minimum absolute atomic E-state index is 0.0194. The van der Waals surface area contributed by atoms with Gasteiger partial charge in [0.05, 0.1) is 16.6 Å². The lowest BCUT2D eigenvalue weighted by Gasteiger charge is -2.13. The summed E-state index contributed by atoms with van der Waals surface area (Å²) in [5, 5.41) is 11.0. The Morgan fingerprint density at radius 2 is 1.54 bits per heavy atom. The molecule has 1 amide bonds. The van der Waals surface area contributed by atoms with Crippen LogP contribution in [0.25, 0.3) is 11.3 Å². The van der Waals surface area contributed by atoms with Crippen LogP contribution in [0.2, 0.25) is 0 Å². The van der Waals surface area contributed by atoms with E-state index in [-0.39, 0.29) is 10.8 Å². The normalized spacial score (nSPS) is 12.1. The molecule has 0 saturated carbocycles. The molecule has 35 heavy (non-hydrogen) atoms. The second kappa shape index (κ2) is 10.4. The molecule has 0 fully saturated rings. The van der Waals surface area contributed by atoms with Crippen molar-refractivity contribution in [3.63, 3.8) is 0 Å². The van der Waals surface area contributed by atoms with Gasteiger partial charge in [-0.15, -0.1) is 0 Å². The van der Waals surface area contributed by atoms with Crippen molar-refractivity contribution in [2.24, 2.45) is 10.9 Å². The van der Waals surface area contributed by atoms with E-state index in [1.165, 1.54) is 12.1 Å². The summed E-state index contributed by atoms with van der Waals surface area (Å²) in [5.41, 5.74) is 9.79. The monoisotopic (exact) mass is 488 g/mol. The number of aromatic nitrogens is 2. The lowest BCUT2D eigenvalue weighted by Crippen LogP contribution is -2.37. The molecule has 178 valence electrons. The average Bonchev–Trinajstić information content (AvgIpc) is 2.85. The Morgan fingerprint density at radius 1 is 0.886 bits per heavy atom. The van der Waals surface area contributed by atoms with Gasteiger partial charge in [-0.25, -0.2) is 23.5 Å². The molecule has 0 aliphatic rings. The molecular weight excluding hydrogens is 464 g/mol. The first-order valence-corrected chi connectivity index (χ1v) is 12.3. The van der Waals surface area contributed by atoms with Crippen molar-refractivity contribution in [3.8, 4) is 11.3 Å². The van der Waals surface area contributed by atoms with E-state index in [0.29, 0.717) is 29.4 Å². The molecule has 0 unspecified atom stereocenters. The first-order valence-electron chi connectivity index (χ1n) is 10.7. The Balaban J connectivity index is 1.40. The molecule has 10 heteroatoms. The molecule has 4 rings (SSSR count). The highest BCUT2D eigenvalue weighted by Crippen LogP contribution is 2.22. The quantitative estimate of drug-likeness (QED) is 0.297. The minimum Gasteiger partial charge on any atom is -0.325 e.